The number of allylic oxidation sites excluding steroid dienone is 1. The molecular weight excluding hydrogens is 182 g/mol. The smallest absolute Gasteiger partial charge is 0.152 e. The summed E-state index contributed by atoms with van der Waals surface area (Å²) in [6.07, 6.45) is 6.86. The van der Waals surface area contributed by atoms with Gasteiger partial charge in [0, 0.05) is 11.3 Å². The van der Waals surface area contributed by atoms with E-state index < -0.39 is 0 Å². The molecule has 1 fully saturated rings. The van der Waals surface area contributed by atoms with Gasteiger partial charge in [-0.05, 0) is 38.0 Å². The zero-order valence-corrected chi connectivity index (χ0v) is 8.85. The molecule has 0 aromatic carbocycles. The summed E-state index contributed by atoms with van der Waals surface area (Å²) in [7, 11) is 0. The highest BCUT2D eigenvalue weighted by atomic mass is 32.2. The summed E-state index contributed by atoms with van der Waals surface area (Å²) in [6.45, 7) is 1.56. The summed E-state index contributed by atoms with van der Waals surface area (Å²) in [5, 5.41) is 0.608. The predicted molar refractivity (Wildman–Crippen MR) is 57.9 cm³/mol. The molecule has 0 aromatic heterocycles. The molecule has 1 heterocycles. The van der Waals surface area contributed by atoms with E-state index >= 15 is 0 Å². The normalized spacial score (nSPS) is 25.2. The third-order valence-electron chi connectivity index (χ3n) is 2.20. The summed E-state index contributed by atoms with van der Waals surface area (Å²) >= 11 is 1.97. The number of rotatable bonds is 4. The predicted octanol–water partition coefficient (Wildman–Crippen LogP) is 1.74. The van der Waals surface area contributed by atoms with Crippen molar-refractivity contribution in [2.45, 2.75) is 37.5 Å². The van der Waals surface area contributed by atoms with Gasteiger partial charge in [0.1, 0.15) is 0 Å². The van der Waals surface area contributed by atoms with Crippen LogP contribution in [0.4, 0.5) is 0 Å². The fraction of sp³-hybridized carbons (Fsp3) is 0.700. The van der Waals surface area contributed by atoms with Gasteiger partial charge in [0.25, 0.3) is 0 Å². The van der Waals surface area contributed by atoms with Crippen molar-refractivity contribution in [3.8, 4) is 0 Å². The molecule has 0 bridgehead atoms. The van der Waals surface area contributed by atoms with Gasteiger partial charge < -0.3 is 5.73 Å². The van der Waals surface area contributed by atoms with Crippen molar-refractivity contribution in [2.24, 2.45) is 5.73 Å². The van der Waals surface area contributed by atoms with Gasteiger partial charge in [-0.1, -0.05) is 6.08 Å². The van der Waals surface area contributed by atoms with E-state index in [1.54, 1.807) is 13.0 Å². The van der Waals surface area contributed by atoms with E-state index in [1.165, 1.54) is 18.6 Å². The molecule has 0 radical (unpaired) electrons. The molecule has 1 aliphatic rings. The number of carbonyl (C=O) groups excluding carboxylic acids is 1. The monoisotopic (exact) mass is 199 g/mol. The van der Waals surface area contributed by atoms with Crippen LogP contribution in [-0.4, -0.2) is 22.8 Å². The Labute approximate surface area is 84.0 Å². The number of hydrogen-bond donors (Lipinski definition) is 1. The van der Waals surface area contributed by atoms with Crippen LogP contribution in [-0.2, 0) is 4.79 Å². The number of hydrogen-bond acceptors (Lipinski definition) is 3. The minimum absolute atomic E-state index is 0.103. The second-order valence-electron chi connectivity index (χ2n) is 3.46. The molecule has 1 saturated heterocycles. The lowest BCUT2D eigenvalue weighted by molar-refractivity contribution is -0.112. The van der Waals surface area contributed by atoms with Gasteiger partial charge in [-0.15, -0.1) is 0 Å². The summed E-state index contributed by atoms with van der Waals surface area (Å²) in [6, 6.07) is 0.225. The average Bonchev–Trinajstić information content (AvgIpc) is 2.55. The third-order valence-corrected chi connectivity index (χ3v) is 3.74. The van der Waals surface area contributed by atoms with E-state index in [0.717, 1.165) is 6.42 Å². The highest BCUT2D eigenvalue weighted by molar-refractivity contribution is 8.00. The lowest BCUT2D eigenvalue weighted by Crippen LogP contribution is -2.30. The Morgan fingerprint density at radius 2 is 2.54 bits per heavy atom. The van der Waals surface area contributed by atoms with Crippen LogP contribution in [0.3, 0.4) is 0 Å². The summed E-state index contributed by atoms with van der Waals surface area (Å²) < 4.78 is 0. The van der Waals surface area contributed by atoms with Crippen molar-refractivity contribution in [2.75, 3.05) is 5.75 Å². The maximum Gasteiger partial charge on any atom is 0.152 e. The summed E-state index contributed by atoms with van der Waals surface area (Å²) in [5.74, 6) is 1.35. The van der Waals surface area contributed by atoms with Gasteiger partial charge in [0.2, 0.25) is 0 Å². The Balaban J connectivity index is 2.23. The van der Waals surface area contributed by atoms with Crippen molar-refractivity contribution in [3.05, 3.63) is 12.2 Å². The molecule has 2 atom stereocenters. The number of nitrogens with two attached hydrogens (primary N) is 1. The molecule has 2 N–H and O–H groups in total. The van der Waals surface area contributed by atoms with Crippen LogP contribution in [0.2, 0.25) is 0 Å². The minimum atomic E-state index is 0.103. The molecule has 13 heavy (non-hydrogen) atoms. The van der Waals surface area contributed by atoms with Crippen LogP contribution < -0.4 is 5.73 Å². The van der Waals surface area contributed by atoms with Crippen LogP contribution in [0.15, 0.2) is 12.2 Å². The second-order valence-corrected chi connectivity index (χ2v) is 4.81. The van der Waals surface area contributed by atoms with Crippen LogP contribution in [0, 0.1) is 0 Å². The Bertz CT molecular complexity index is 197. The van der Waals surface area contributed by atoms with E-state index in [9.17, 15) is 4.79 Å². The van der Waals surface area contributed by atoms with Gasteiger partial charge in [0.15, 0.2) is 5.78 Å². The summed E-state index contributed by atoms with van der Waals surface area (Å²) in [4.78, 5) is 10.6. The molecule has 0 spiro atoms. The molecule has 0 amide bonds. The molecule has 3 heteroatoms. The SMILES string of the molecule is CC(=O)/C=C\CC(N)C1CCCS1. The van der Waals surface area contributed by atoms with Crippen LogP contribution >= 0.6 is 11.8 Å². The molecule has 74 valence electrons. The number of ketones is 1. The van der Waals surface area contributed by atoms with E-state index in [0.29, 0.717) is 5.25 Å². The Morgan fingerprint density at radius 3 is 3.08 bits per heavy atom. The molecule has 1 rings (SSSR count). The van der Waals surface area contributed by atoms with Crippen molar-refractivity contribution in [1.29, 1.82) is 0 Å². The third kappa shape index (κ3) is 3.96. The van der Waals surface area contributed by atoms with E-state index in [4.69, 9.17) is 5.73 Å². The zero-order valence-electron chi connectivity index (χ0n) is 8.03. The molecule has 2 nitrogen and oxygen atoms in total. The molecular formula is C10H17NOS. The Morgan fingerprint density at radius 1 is 1.77 bits per heavy atom. The van der Waals surface area contributed by atoms with Crippen LogP contribution in [0.25, 0.3) is 0 Å². The minimum Gasteiger partial charge on any atom is -0.326 e. The maximum atomic E-state index is 10.6. The van der Waals surface area contributed by atoms with E-state index in [-0.39, 0.29) is 11.8 Å². The Kier molecular flexibility index (Phi) is 4.53. The molecule has 1 aliphatic heterocycles. The molecule has 0 aliphatic carbocycles. The first-order chi connectivity index (χ1) is 6.20. The first-order valence-corrected chi connectivity index (χ1v) is 5.79. The van der Waals surface area contributed by atoms with Gasteiger partial charge in [-0.25, -0.2) is 0 Å². The lowest BCUT2D eigenvalue weighted by Gasteiger charge is -2.15. The molecule has 0 saturated carbocycles. The quantitative estimate of drug-likeness (QED) is 0.701. The highest BCUT2D eigenvalue weighted by Crippen LogP contribution is 2.28. The first-order valence-electron chi connectivity index (χ1n) is 4.74. The molecule has 0 aromatic rings. The van der Waals surface area contributed by atoms with Crippen molar-refractivity contribution >= 4 is 17.5 Å². The van der Waals surface area contributed by atoms with Crippen molar-refractivity contribution in [1.82, 2.24) is 0 Å². The van der Waals surface area contributed by atoms with Crippen molar-refractivity contribution < 1.29 is 4.79 Å². The van der Waals surface area contributed by atoms with Crippen molar-refractivity contribution in [3.63, 3.8) is 0 Å². The fourth-order valence-corrected chi connectivity index (χ4v) is 2.81. The van der Waals surface area contributed by atoms with Gasteiger partial charge in [-0.2, -0.15) is 11.8 Å². The standard InChI is InChI=1S/C10H17NOS/c1-8(12)4-2-5-9(11)10-6-3-7-13-10/h2,4,9-10H,3,5-7,11H2,1H3/b4-2-. The topological polar surface area (TPSA) is 43.1 Å². The molecule has 2 unspecified atom stereocenters. The van der Waals surface area contributed by atoms with Crippen LogP contribution in [0.5, 0.6) is 0 Å². The largest absolute Gasteiger partial charge is 0.326 e. The van der Waals surface area contributed by atoms with Crippen LogP contribution in [0.1, 0.15) is 26.2 Å². The van der Waals surface area contributed by atoms with E-state index in [1.807, 2.05) is 17.8 Å². The number of carbonyl (C=O) groups is 1. The second kappa shape index (κ2) is 5.45. The lowest BCUT2D eigenvalue weighted by atomic mass is 10.1. The zero-order chi connectivity index (χ0) is 9.68. The first kappa shape index (κ1) is 10.8. The van der Waals surface area contributed by atoms with Gasteiger partial charge in [-0.3, -0.25) is 4.79 Å². The average molecular weight is 199 g/mol. The van der Waals surface area contributed by atoms with Gasteiger partial charge >= 0.3 is 0 Å². The van der Waals surface area contributed by atoms with Gasteiger partial charge in [0.05, 0.1) is 0 Å². The number of thioether (sulfide) groups is 1. The summed E-state index contributed by atoms with van der Waals surface area (Å²) in [5.41, 5.74) is 5.98. The van der Waals surface area contributed by atoms with E-state index in [2.05, 4.69) is 0 Å². The Hall–Kier alpha value is -0.280. The highest BCUT2D eigenvalue weighted by Gasteiger charge is 2.21. The maximum absolute atomic E-state index is 10.6. The fourth-order valence-electron chi connectivity index (χ4n) is 1.48.